The van der Waals surface area contributed by atoms with E-state index in [-0.39, 0.29) is 0 Å². The Bertz CT molecular complexity index is 596. The van der Waals surface area contributed by atoms with Gasteiger partial charge in [-0.25, -0.2) is 0 Å². The third kappa shape index (κ3) is 3.09. The lowest BCUT2D eigenvalue weighted by Crippen LogP contribution is -2.23. The van der Waals surface area contributed by atoms with Crippen LogP contribution in [0.5, 0.6) is 0 Å². The van der Waals surface area contributed by atoms with Crippen LogP contribution in [0.15, 0.2) is 48.5 Å². The highest BCUT2D eigenvalue weighted by Crippen LogP contribution is 2.22. The van der Waals surface area contributed by atoms with Crippen LogP contribution in [0.3, 0.4) is 0 Å². The van der Waals surface area contributed by atoms with Gasteiger partial charge in [-0.05, 0) is 30.7 Å². The van der Waals surface area contributed by atoms with Crippen molar-refractivity contribution in [2.75, 3.05) is 17.2 Å². The van der Waals surface area contributed by atoms with Crippen LogP contribution < -0.4 is 16.4 Å². The third-order valence-corrected chi connectivity index (χ3v) is 3.27. The first-order valence-electron chi connectivity index (χ1n) is 6.60. The summed E-state index contributed by atoms with van der Waals surface area (Å²) in [4.78, 5) is 13.5. The van der Waals surface area contributed by atoms with Crippen molar-refractivity contribution in [3.63, 3.8) is 0 Å². The number of rotatable bonds is 5. The highest BCUT2D eigenvalue weighted by Gasteiger charge is 2.11. The van der Waals surface area contributed by atoms with E-state index in [4.69, 9.17) is 11.5 Å². The molecule has 0 unspecified atom stereocenters. The van der Waals surface area contributed by atoms with Gasteiger partial charge in [0, 0.05) is 24.5 Å². The summed E-state index contributed by atoms with van der Waals surface area (Å²) < 4.78 is 0. The molecule has 2 rings (SSSR count). The van der Waals surface area contributed by atoms with Gasteiger partial charge in [-0.15, -0.1) is 0 Å². The summed E-state index contributed by atoms with van der Waals surface area (Å²) in [6, 6.07) is 15.6. The van der Waals surface area contributed by atoms with Crippen LogP contribution in [0, 0.1) is 0 Å². The van der Waals surface area contributed by atoms with Crippen molar-refractivity contribution in [3.8, 4) is 0 Å². The van der Waals surface area contributed by atoms with E-state index in [2.05, 4.69) is 24.0 Å². The number of amides is 1. The largest absolute Gasteiger partial charge is 0.398 e. The number of anilines is 2. The van der Waals surface area contributed by atoms with E-state index in [0.717, 1.165) is 18.8 Å². The first kappa shape index (κ1) is 13.9. The van der Waals surface area contributed by atoms with Crippen molar-refractivity contribution >= 4 is 17.3 Å². The fourth-order valence-electron chi connectivity index (χ4n) is 2.14. The number of benzene rings is 2. The van der Waals surface area contributed by atoms with Crippen molar-refractivity contribution in [2.24, 2.45) is 5.73 Å². The number of hydrogen-bond donors (Lipinski definition) is 2. The Labute approximate surface area is 119 Å². The van der Waals surface area contributed by atoms with Crippen LogP contribution in [0.2, 0.25) is 0 Å². The molecule has 0 radical (unpaired) electrons. The zero-order valence-electron chi connectivity index (χ0n) is 11.5. The topological polar surface area (TPSA) is 72.3 Å². The van der Waals surface area contributed by atoms with Gasteiger partial charge in [-0.2, -0.15) is 0 Å². The highest BCUT2D eigenvalue weighted by molar-refractivity contribution is 5.99. The van der Waals surface area contributed by atoms with Gasteiger partial charge in [-0.3, -0.25) is 4.79 Å². The second kappa shape index (κ2) is 6.10. The number of carbonyl (C=O) groups is 1. The van der Waals surface area contributed by atoms with E-state index in [1.54, 1.807) is 12.1 Å². The number of nitrogens with two attached hydrogens (primary N) is 2. The van der Waals surface area contributed by atoms with Crippen molar-refractivity contribution in [2.45, 2.75) is 13.5 Å². The minimum absolute atomic E-state index is 0.369. The van der Waals surface area contributed by atoms with Crippen molar-refractivity contribution < 1.29 is 4.79 Å². The summed E-state index contributed by atoms with van der Waals surface area (Å²) in [6.45, 7) is 3.68. The Morgan fingerprint density at radius 1 is 1.15 bits per heavy atom. The predicted molar refractivity (Wildman–Crippen MR) is 82.5 cm³/mol. The third-order valence-electron chi connectivity index (χ3n) is 3.27. The summed E-state index contributed by atoms with van der Waals surface area (Å²) in [5.41, 5.74) is 14.0. The summed E-state index contributed by atoms with van der Waals surface area (Å²) in [5, 5.41) is 0. The lowest BCUT2D eigenvalue weighted by molar-refractivity contribution is 0.100. The fraction of sp³-hybridized carbons (Fsp3) is 0.188. The molecule has 20 heavy (non-hydrogen) atoms. The quantitative estimate of drug-likeness (QED) is 0.819. The number of nitrogen functional groups attached to an aromatic ring is 1. The Balaban J connectivity index is 2.28. The maximum Gasteiger partial charge on any atom is 0.250 e. The molecule has 0 fully saturated rings. The number of hydrogen-bond acceptors (Lipinski definition) is 3. The average molecular weight is 269 g/mol. The number of nitrogens with zero attached hydrogens (tertiary/aromatic N) is 1. The molecule has 1 amide bonds. The first-order valence-corrected chi connectivity index (χ1v) is 6.60. The molecule has 4 N–H and O–H groups in total. The second-order valence-corrected chi connectivity index (χ2v) is 4.64. The SMILES string of the molecule is CCN(Cc1ccccc1)c1ccc(N)c(C(N)=O)c1. The zero-order chi connectivity index (χ0) is 14.5. The molecular formula is C16H19N3O. The summed E-state index contributed by atoms with van der Waals surface area (Å²) >= 11 is 0. The molecule has 0 aliphatic heterocycles. The maximum atomic E-state index is 11.4. The highest BCUT2D eigenvalue weighted by atomic mass is 16.1. The molecule has 2 aromatic carbocycles. The number of primary amides is 1. The van der Waals surface area contributed by atoms with E-state index in [1.165, 1.54) is 5.56 Å². The van der Waals surface area contributed by atoms with E-state index in [0.29, 0.717) is 11.3 Å². The molecule has 0 saturated carbocycles. The minimum atomic E-state index is -0.500. The molecule has 4 nitrogen and oxygen atoms in total. The minimum Gasteiger partial charge on any atom is -0.398 e. The molecule has 0 spiro atoms. The standard InChI is InChI=1S/C16H19N3O/c1-2-19(11-12-6-4-3-5-7-12)13-8-9-15(17)14(10-13)16(18)20/h3-10H,2,11,17H2,1H3,(H2,18,20). The van der Waals surface area contributed by atoms with E-state index < -0.39 is 5.91 Å². The monoisotopic (exact) mass is 269 g/mol. The van der Waals surface area contributed by atoms with Gasteiger partial charge in [0.2, 0.25) is 0 Å². The second-order valence-electron chi connectivity index (χ2n) is 4.64. The molecule has 4 heteroatoms. The predicted octanol–water partition coefficient (Wildman–Crippen LogP) is 2.39. The zero-order valence-corrected chi connectivity index (χ0v) is 11.5. The average Bonchev–Trinajstić information content (AvgIpc) is 2.46. The van der Waals surface area contributed by atoms with Crippen LogP contribution in [-0.4, -0.2) is 12.5 Å². The van der Waals surface area contributed by atoms with E-state index >= 15 is 0 Å². The van der Waals surface area contributed by atoms with Gasteiger partial charge in [-0.1, -0.05) is 30.3 Å². The van der Waals surface area contributed by atoms with Crippen LogP contribution in [-0.2, 0) is 6.54 Å². The molecule has 104 valence electrons. The smallest absolute Gasteiger partial charge is 0.250 e. The Morgan fingerprint density at radius 2 is 1.85 bits per heavy atom. The molecule has 0 aromatic heterocycles. The van der Waals surface area contributed by atoms with Crippen molar-refractivity contribution in [3.05, 3.63) is 59.7 Å². The van der Waals surface area contributed by atoms with Crippen LogP contribution >= 0.6 is 0 Å². The molecule has 0 aliphatic rings. The van der Waals surface area contributed by atoms with Crippen LogP contribution in [0.1, 0.15) is 22.8 Å². The van der Waals surface area contributed by atoms with Gasteiger partial charge in [0.1, 0.15) is 0 Å². The number of carbonyl (C=O) groups excluding carboxylic acids is 1. The van der Waals surface area contributed by atoms with Gasteiger partial charge >= 0.3 is 0 Å². The molecule has 0 atom stereocenters. The fourth-order valence-corrected chi connectivity index (χ4v) is 2.14. The Hall–Kier alpha value is -2.49. The summed E-state index contributed by atoms with van der Waals surface area (Å²) in [6.07, 6.45) is 0. The molecule has 0 aliphatic carbocycles. The van der Waals surface area contributed by atoms with E-state index in [9.17, 15) is 4.79 Å². The molecule has 0 heterocycles. The molecule has 2 aromatic rings. The van der Waals surface area contributed by atoms with E-state index in [1.807, 2.05) is 24.3 Å². The van der Waals surface area contributed by atoms with Crippen LogP contribution in [0.4, 0.5) is 11.4 Å². The molecular weight excluding hydrogens is 250 g/mol. The van der Waals surface area contributed by atoms with Gasteiger partial charge in [0.15, 0.2) is 0 Å². The first-order chi connectivity index (χ1) is 9.61. The van der Waals surface area contributed by atoms with Gasteiger partial charge < -0.3 is 16.4 Å². The summed E-state index contributed by atoms with van der Waals surface area (Å²) in [5.74, 6) is -0.500. The summed E-state index contributed by atoms with van der Waals surface area (Å²) in [7, 11) is 0. The maximum absolute atomic E-state index is 11.4. The molecule has 0 bridgehead atoms. The van der Waals surface area contributed by atoms with Gasteiger partial charge in [0.05, 0.1) is 5.56 Å². The molecule has 0 saturated heterocycles. The van der Waals surface area contributed by atoms with Crippen molar-refractivity contribution in [1.29, 1.82) is 0 Å². The van der Waals surface area contributed by atoms with Crippen molar-refractivity contribution in [1.82, 2.24) is 0 Å². The normalized spacial score (nSPS) is 10.2. The van der Waals surface area contributed by atoms with Gasteiger partial charge in [0.25, 0.3) is 5.91 Å². The lowest BCUT2D eigenvalue weighted by atomic mass is 10.1. The Kier molecular flexibility index (Phi) is 4.25. The van der Waals surface area contributed by atoms with Crippen LogP contribution in [0.25, 0.3) is 0 Å². The lowest BCUT2D eigenvalue weighted by Gasteiger charge is -2.24. The Morgan fingerprint density at radius 3 is 2.45 bits per heavy atom.